The largest absolute Gasteiger partial charge is 0.493 e. The van der Waals surface area contributed by atoms with Crippen LogP contribution in [0.15, 0.2) is 82.8 Å². The average Bonchev–Trinajstić information content (AvgIpc) is 2.79. The standard InChI is InChI=1S/C24H25N3O2S2/c1-18-8-11-20(12-9-18)26-24(30)27-25-17-19-10-13-22(23(16-19)28-2)29-14-15-31-21-6-4-3-5-7-21/h3-13,16-17H,14-15H2,1-2H3,(H2,26,27,30)/b25-17-. The zero-order valence-corrected chi connectivity index (χ0v) is 19.1. The zero-order chi connectivity index (χ0) is 21.9. The minimum atomic E-state index is 0.419. The van der Waals surface area contributed by atoms with Crippen LogP contribution in [0.4, 0.5) is 5.69 Å². The smallest absolute Gasteiger partial charge is 0.191 e. The Balaban J connectivity index is 1.48. The van der Waals surface area contributed by atoms with Crippen molar-refractivity contribution < 1.29 is 9.47 Å². The van der Waals surface area contributed by atoms with Crippen LogP contribution in [0, 0.1) is 6.92 Å². The van der Waals surface area contributed by atoms with Crippen LogP contribution in [0.1, 0.15) is 11.1 Å². The molecule has 3 aromatic carbocycles. The van der Waals surface area contributed by atoms with Crippen molar-refractivity contribution in [1.29, 1.82) is 0 Å². The highest BCUT2D eigenvalue weighted by Crippen LogP contribution is 2.28. The molecule has 0 fully saturated rings. The van der Waals surface area contributed by atoms with Crippen LogP contribution in [0.5, 0.6) is 11.5 Å². The molecule has 0 aliphatic heterocycles. The number of nitrogens with zero attached hydrogens (tertiary/aromatic N) is 1. The first-order valence-electron chi connectivity index (χ1n) is 9.79. The number of hydrogen-bond donors (Lipinski definition) is 2. The van der Waals surface area contributed by atoms with Crippen molar-refractivity contribution in [2.45, 2.75) is 11.8 Å². The van der Waals surface area contributed by atoms with Crippen molar-refractivity contribution in [3.63, 3.8) is 0 Å². The van der Waals surface area contributed by atoms with E-state index in [0.717, 1.165) is 17.0 Å². The number of nitrogens with one attached hydrogen (secondary N) is 2. The van der Waals surface area contributed by atoms with Gasteiger partial charge in [-0.1, -0.05) is 35.9 Å². The van der Waals surface area contributed by atoms with Gasteiger partial charge in [0.05, 0.1) is 19.9 Å². The minimum absolute atomic E-state index is 0.419. The molecule has 3 rings (SSSR count). The Morgan fingerprint density at radius 3 is 2.55 bits per heavy atom. The summed E-state index contributed by atoms with van der Waals surface area (Å²) in [7, 11) is 1.63. The van der Waals surface area contributed by atoms with Gasteiger partial charge in [0.15, 0.2) is 16.6 Å². The van der Waals surface area contributed by atoms with Crippen molar-refractivity contribution in [3.05, 3.63) is 83.9 Å². The van der Waals surface area contributed by atoms with Crippen LogP contribution in [-0.4, -0.2) is 30.8 Å². The van der Waals surface area contributed by atoms with Crippen molar-refractivity contribution in [2.24, 2.45) is 5.10 Å². The number of benzene rings is 3. The lowest BCUT2D eigenvalue weighted by atomic mass is 10.2. The lowest BCUT2D eigenvalue weighted by Gasteiger charge is -2.11. The fourth-order valence-corrected chi connectivity index (χ4v) is 3.60. The average molecular weight is 452 g/mol. The number of anilines is 1. The number of hydrogen-bond acceptors (Lipinski definition) is 5. The van der Waals surface area contributed by atoms with Crippen LogP contribution in [0.3, 0.4) is 0 Å². The van der Waals surface area contributed by atoms with Gasteiger partial charge in [-0.3, -0.25) is 5.43 Å². The molecule has 0 saturated heterocycles. The van der Waals surface area contributed by atoms with Crippen molar-refractivity contribution in [2.75, 3.05) is 24.8 Å². The summed E-state index contributed by atoms with van der Waals surface area (Å²) in [4.78, 5) is 1.23. The molecule has 5 nitrogen and oxygen atoms in total. The number of hydrazone groups is 1. The molecule has 3 aromatic rings. The van der Waals surface area contributed by atoms with E-state index in [-0.39, 0.29) is 0 Å². The summed E-state index contributed by atoms with van der Waals surface area (Å²) in [6, 6.07) is 23.9. The second-order valence-electron chi connectivity index (χ2n) is 6.61. The molecule has 0 bridgehead atoms. The number of ether oxygens (including phenoxy) is 2. The maximum atomic E-state index is 5.89. The molecule has 0 radical (unpaired) electrons. The molecule has 0 amide bonds. The molecule has 2 N–H and O–H groups in total. The molecule has 0 aliphatic rings. The van der Waals surface area contributed by atoms with E-state index in [1.54, 1.807) is 25.1 Å². The van der Waals surface area contributed by atoms with Crippen molar-refractivity contribution in [3.8, 4) is 11.5 Å². The fourth-order valence-electron chi connectivity index (χ4n) is 2.67. The second kappa shape index (κ2) is 12.0. The maximum Gasteiger partial charge on any atom is 0.191 e. The Morgan fingerprint density at radius 1 is 1.03 bits per heavy atom. The SMILES string of the molecule is COc1cc(/C=N\NC(=S)Nc2ccc(C)cc2)ccc1OCCSc1ccccc1. The quantitative estimate of drug-likeness (QED) is 0.147. The molecule has 31 heavy (non-hydrogen) atoms. The molecule has 160 valence electrons. The number of thioether (sulfide) groups is 1. The first kappa shape index (κ1) is 22.7. The Morgan fingerprint density at radius 2 is 1.81 bits per heavy atom. The number of rotatable bonds is 9. The highest BCUT2D eigenvalue weighted by Gasteiger charge is 2.05. The minimum Gasteiger partial charge on any atom is -0.493 e. The summed E-state index contributed by atoms with van der Waals surface area (Å²) in [5.74, 6) is 2.22. The van der Waals surface area contributed by atoms with E-state index in [4.69, 9.17) is 21.7 Å². The Labute approximate surface area is 192 Å². The summed E-state index contributed by atoms with van der Waals surface area (Å²) in [6.07, 6.45) is 1.68. The third kappa shape index (κ3) is 7.62. The summed E-state index contributed by atoms with van der Waals surface area (Å²) < 4.78 is 11.4. The third-order valence-electron chi connectivity index (χ3n) is 4.23. The number of thiocarbonyl (C=S) groups is 1. The van der Waals surface area contributed by atoms with E-state index >= 15 is 0 Å². The predicted molar refractivity (Wildman–Crippen MR) is 134 cm³/mol. The molecule has 0 atom stereocenters. The first-order valence-corrected chi connectivity index (χ1v) is 11.2. The van der Waals surface area contributed by atoms with E-state index in [2.05, 4.69) is 28.0 Å². The highest BCUT2D eigenvalue weighted by atomic mass is 32.2. The van der Waals surface area contributed by atoms with Crippen LogP contribution in [0.25, 0.3) is 0 Å². The number of aryl methyl sites for hydroxylation is 1. The molecule has 0 unspecified atom stereocenters. The highest BCUT2D eigenvalue weighted by molar-refractivity contribution is 7.99. The van der Waals surface area contributed by atoms with Crippen molar-refractivity contribution in [1.82, 2.24) is 5.43 Å². The van der Waals surface area contributed by atoms with Gasteiger partial charge in [0, 0.05) is 16.3 Å². The topological polar surface area (TPSA) is 54.9 Å². The summed E-state index contributed by atoms with van der Waals surface area (Å²) in [6.45, 7) is 2.63. The molecule has 0 spiro atoms. The lowest BCUT2D eigenvalue weighted by Crippen LogP contribution is -2.23. The summed E-state index contributed by atoms with van der Waals surface area (Å²) in [5.41, 5.74) is 5.79. The predicted octanol–water partition coefficient (Wildman–Crippen LogP) is 5.50. The molecule has 7 heteroatoms. The molecule has 0 aromatic heterocycles. The van der Waals surface area contributed by atoms with Gasteiger partial charge in [-0.05, 0) is 67.2 Å². The van der Waals surface area contributed by atoms with Gasteiger partial charge in [0.25, 0.3) is 0 Å². The summed E-state index contributed by atoms with van der Waals surface area (Å²) in [5, 5.41) is 7.70. The fraction of sp³-hybridized carbons (Fsp3) is 0.167. The van der Waals surface area contributed by atoms with Crippen LogP contribution in [0.2, 0.25) is 0 Å². The lowest BCUT2D eigenvalue weighted by molar-refractivity contribution is 0.313. The molecule has 0 aliphatic carbocycles. The molecule has 0 heterocycles. The van der Waals surface area contributed by atoms with Gasteiger partial charge in [0.2, 0.25) is 0 Å². The van der Waals surface area contributed by atoms with Gasteiger partial charge in [0.1, 0.15) is 0 Å². The molecular weight excluding hydrogens is 426 g/mol. The second-order valence-corrected chi connectivity index (χ2v) is 8.19. The van der Waals surface area contributed by atoms with E-state index in [0.29, 0.717) is 23.2 Å². The summed E-state index contributed by atoms with van der Waals surface area (Å²) >= 11 is 7.02. The van der Waals surface area contributed by atoms with Gasteiger partial charge in [-0.15, -0.1) is 11.8 Å². The van der Waals surface area contributed by atoms with E-state index in [9.17, 15) is 0 Å². The molecule has 0 saturated carbocycles. The van der Waals surface area contributed by atoms with Gasteiger partial charge >= 0.3 is 0 Å². The van der Waals surface area contributed by atoms with Crippen molar-refractivity contribution >= 4 is 41.0 Å². The van der Waals surface area contributed by atoms with Gasteiger partial charge in [-0.25, -0.2) is 0 Å². The zero-order valence-electron chi connectivity index (χ0n) is 17.5. The Hall–Kier alpha value is -3.03. The third-order valence-corrected chi connectivity index (χ3v) is 5.40. The monoisotopic (exact) mass is 451 g/mol. The van der Waals surface area contributed by atoms with Gasteiger partial charge < -0.3 is 14.8 Å². The first-order chi connectivity index (χ1) is 15.1. The van der Waals surface area contributed by atoms with Crippen LogP contribution >= 0.6 is 24.0 Å². The van der Waals surface area contributed by atoms with E-state index in [1.807, 2.05) is 67.6 Å². The normalized spacial score (nSPS) is 10.6. The number of methoxy groups -OCH3 is 1. The van der Waals surface area contributed by atoms with E-state index in [1.165, 1.54) is 10.5 Å². The maximum absolute atomic E-state index is 5.89. The van der Waals surface area contributed by atoms with Crippen LogP contribution < -0.4 is 20.2 Å². The molecular formula is C24H25N3O2S2. The Kier molecular flexibility index (Phi) is 8.75. The van der Waals surface area contributed by atoms with Gasteiger partial charge in [-0.2, -0.15) is 5.10 Å². The van der Waals surface area contributed by atoms with Crippen LogP contribution in [-0.2, 0) is 0 Å². The Bertz CT molecular complexity index is 1010. The van der Waals surface area contributed by atoms with E-state index < -0.39 is 0 Å².